The molecular formula is C22H29N2O+. The molecule has 2 N–H and O–H groups in total. The summed E-state index contributed by atoms with van der Waals surface area (Å²) in [7, 11) is 0. The minimum absolute atomic E-state index is 0.121. The average Bonchev–Trinajstić information content (AvgIpc) is 2.61. The quantitative estimate of drug-likeness (QED) is 0.864. The molecule has 2 aromatic carbocycles. The van der Waals surface area contributed by atoms with E-state index in [1.807, 2.05) is 24.3 Å². The lowest BCUT2D eigenvalue weighted by atomic mass is 9.97. The van der Waals surface area contributed by atoms with Crippen molar-refractivity contribution in [3.63, 3.8) is 0 Å². The molecule has 0 saturated carbocycles. The van der Waals surface area contributed by atoms with Crippen molar-refractivity contribution in [1.29, 1.82) is 0 Å². The molecule has 0 aromatic heterocycles. The van der Waals surface area contributed by atoms with Crippen molar-refractivity contribution in [1.82, 2.24) is 0 Å². The maximum Gasteiger partial charge on any atom is 0.279 e. The summed E-state index contributed by atoms with van der Waals surface area (Å²) in [4.78, 5) is 14.1. The largest absolute Gasteiger partial charge is 0.323 e. The smallest absolute Gasteiger partial charge is 0.279 e. The van der Waals surface area contributed by atoms with E-state index in [0.717, 1.165) is 17.7 Å². The fourth-order valence-corrected chi connectivity index (χ4v) is 3.93. The first-order chi connectivity index (χ1) is 12.1. The van der Waals surface area contributed by atoms with Crippen molar-refractivity contribution in [3.05, 3.63) is 65.7 Å². The summed E-state index contributed by atoms with van der Waals surface area (Å²) in [5, 5.41) is 3.16. The second-order valence-electron chi connectivity index (χ2n) is 7.35. The predicted octanol–water partition coefficient (Wildman–Crippen LogP) is 3.06. The van der Waals surface area contributed by atoms with E-state index >= 15 is 0 Å². The van der Waals surface area contributed by atoms with E-state index in [1.165, 1.54) is 29.7 Å². The van der Waals surface area contributed by atoms with Gasteiger partial charge in [0.2, 0.25) is 0 Å². The SMILES string of the molecule is C[C@@H]1CCC[C@H](C)[NH+]1CC(=O)Nc1ccccc1Cc1ccccc1. The first kappa shape index (κ1) is 17.7. The Morgan fingerprint density at radius 1 is 1.00 bits per heavy atom. The molecule has 1 unspecified atom stereocenters. The molecule has 3 rings (SSSR count). The average molecular weight is 337 g/mol. The molecule has 3 nitrogen and oxygen atoms in total. The number of hydrogen-bond acceptors (Lipinski definition) is 1. The van der Waals surface area contributed by atoms with Crippen LogP contribution in [0.2, 0.25) is 0 Å². The summed E-state index contributed by atoms with van der Waals surface area (Å²) in [5.74, 6) is 0.121. The Balaban J connectivity index is 1.67. The highest BCUT2D eigenvalue weighted by atomic mass is 16.2. The van der Waals surface area contributed by atoms with Crippen LogP contribution in [0.4, 0.5) is 5.69 Å². The Kier molecular flexibility index (Phi) is 5.87. The molecule has 1 heterocycles. The van der Waals surface area contributed by atoms with Crippen LogP contribution in [0.25, 0.3) is 0 Å². The van der Waals surface area contributed by atoms with Crippen molar-refractivity contribution in [3.8, 4) is 0 Å². The van der Waals surface area contributed by atoms with Crippen LogP contribution in [0.3, 0.4) is 0 Å². The third-order valence-electron chi connectivity index (χ3n) is 5.43. The molecule has 25 heavy (non-hydrogen) atoms. The van der Waals surface area contributed by atoms with E-state index in [1.54, 1.807) is 0 Å². The third-order valence-corrected chi connectivity index (χ3v) is 5.43. The van der Waals surface area contributed by atoms with Gasteiger partial charge in [0.25, 0.3) is 5.91 Å². The zero-order chi connectivity index (χ0) is 17.6. The number of carbonyl (C=O) groups excluding carboxylic acids is 1. The van der Waals surface area contributed by atoms with Crippen molar-refractivity contribution in [2.45, 2.75) is 51.6 Å². The normalized spacial score (nSPS) is 23.2. The van der Waals surface area contributed by atoms with E-state index < -0.39 is 0 Å². The maximum absolute atomic E-state index is 12.6. The van der Waals surface area contributed by atoms with Crippen LogP contribution in [0.1, 0.15) is 44.2 Å². The van der Waals surface area contributed by atoms with Crippen LogP contribution in [0, 0.1) is 0 Å². The number of carbonyl (C=O) groups is 1. The molecule has 1 amide bonds. The number of likely N-dealkylation sites (tertiary alicyclic amines) is 1. The lowest BCUT2D eigenvalue weighted by Gasteiger charge is -2.35. The molecule has 3 atom stereocenters. The molecule has 2 aromatic rings. The van der Waals surface area contributed by atoms with Gasteiger partial charge in [-0.3, -0.25) is 4.79 Å². The van der Waals surface area contributed by atoms with Crippen LogP contribution in [0.15, 0.2) is 54.6 Å². The van der Waals surface area contributed by atoms with Gasteiger partial charge in [0.05, 0.1) is 12.1 Å². The van der Waals surface area contributed by atoms with Gasteiger partial charge in [0.15, 0.2) is 6.54 Å². The standard InChI is InChI=1S/C22H28N2O/c1-17-9-8-10-18(2)24(17)16-22(25)23-21-14-7-6-13-20(21)15-19-11-4-3-5-12-19/h3-7,11-14,17-18H,8-10,15-16H2,1-2H3,(H,23,25)/p+1/t17-,18+. The molecule has 1 fully saturated rings. The highest BCUT2D eigenvalue weighted by Crippen LogP contribution is 2.19. The zero-order valence-corrected chi connectivity index (χ0v) is 15.3. The van der Waals surface area contributed by atoms with Gasteiger partial charge < -0.3 is 10.2 Å². The Bertz CT molecular complexity index is 688. The number of hydrogen-bond donors (Lipinski definition) is 2. The molecule has 132 valence electrons. The molecule has 0 bridgehead atoms. The molecule has 1 aliphatic heterocycles. The lowest BCUT2D eigenvalue weighted by molar-refractivity contribution is -0.943. The number of rotatable bonds is 5. The van der Waals surface area contributed by atoms with Crippen molar-refractivity contribution in [2.24, 2.45) is 0 Å². The predicted molar refractivity (Wildman–Crippen MR) is 103 cm³/mol. The van der Waals surface area contributed by atoms with Crippen LogP contribution in [-0.4, -0.2) is 24.5 Å². The van der Waals surface area contributed by atoms with E-state index in [4.69, 9.17) is 0 Å². The highest BCUT2D eigenvalue weighted by molar-refractivity contribution is 5.92. The van der Waals surface area contributed by atoms with Gasteiger partial charge in [0.1, 0.15) is 0 Å². The lowest BCUT2D eigenvalue weighted by Crippen LogP contribution is -3.20. The number of para-hydroxylation sites is 1. The van der Waals surface area contributed by atoms with E-state index in [9.17, 15) is 4.79 Å². The van der Waals surface area contributed by atoms with Gasteiger partial charge in [-0.1, -0.05) is 48.5 Å². The fraction of sp³-hybridized carbons (Fsp3) is 0.409. The van der Waals surface area contributed by atoms with Crippen LogP contribution >= 0.6 is 0 Å². The Hall–Kier alpha value is -2.13. The minimum Gasteiger partial charge on any atom is -0.323 e. The monoisotopic (exact) mass is 337 g/mol. The highest BCUT2D eigenvalue weighted by Gasteiger charge is 2.30. The molecule has 1 saturated heterocycles. The summed E-state index contributed by atoms with van der Waals surface area (Å²) >= 11 is 0. The van der Waals surface area contributed by atoms with E-state index in [-0.39, 0.29) is 5.91 Å². The molecular weight excluding hydrogens is 308 g/mol. The number of anilines is 1. The number of benzene rings is 2. The maximum atomic E-state index is 12.6. The van der Waals surface area contributed by atoms with Gasteiger partial charge in [-0.05, 0) is 56.7 Å². The molecule has 1 aliphatic rings. The second kappa shape index (κ2) is 8.30. The first-order valence-corrected chi connectivity index (χ1v) is 9.40. The summed E-state index contributed by atoms with van der Waals surface area (Å²) in [5.41, 5.74) is 3.36. The van der Waals surface area contributed by atoms with Crippen LogP contribution < -0.4 is 10.2 Å². The second-order valence-corrected chi connectivity index (χ2v) is 7.35. The summed E-state index contributed by atoms with van der Waals surface area (Å²) in [6.07, 6.45) is 4.56. The summed E-state index contributed by atoms with van der Waals surface area (Å²) < 4.78 is 0. The van der Waals surface area contributed by atoms with Gasteiger partial charge in [0, 0.05) is 5.69 Å². The first-order valence-electron chi connectivity index (χ1n) is 9.40. The van der Waals surface area contributed by atoms with Gasteiger partial charge in [-0.25, -0.2) is 0 Å². The summed E-state index contributed by atoms with van der Waals surface area (Å²) in [6.45, 7) is 5.09. The number of quaternary nitrogens is 1. The molecule has 0 radical (unpaired) electrons. The van der Waals surface area contributed by atoms with Crippen molar-refractivity contribution in [2.75, 3.05) is 11.9 Å². The molecule has 0 aliphatic carbocycles. The Morgan fingerprint density at radius 3 is 2.36 bits per heavy atom. The van der Waals surface area contributed by atoms with Gasteiger partial charge in [-0.15, -0.1) is 0 Å². The third kappa shape index (κ3) is 4.70. The van der Waals surface area contributed by atoms with Gasteiger partial charge in [-0.2, -0.15) is 0 Å². The zero-order valence-electron chi connectivity index (χ0n) is 15.3. The number of piperidine rings is 1. The molecule has 3 heteroatoms. The summed E-state index contributed by atoms with van der Waals surface area (Å²) in [6, 6.07) is 19.6. The van der Waals surface area contributed by atoms with Crippen molar-refractivity contribution < 1.29 is 9.69 Å². The molecule has 0 spiro atoms. The van der Waals surface area contributed by atoms with Crippen molar-refractivity contribution >= 4 is 11.6 Å². The van der Waals surface area contributed by atoms with E-state index in [0.29, 0.717) is 18.6 Å². The van der Waals surface area contributed by atoms with Crippen LogP contribution in [-0.2, 0) is 11.2 Å². The number of nitrogens with one attached hydrogen (secondary N) is 2. The van der Waals surface area contributed by atoms with Crippen LogP contribution in [0.5, 0.6) is 0 Å². The topological polar surface area (TPSA) is 33.5 Å². The fourth-order valence-electron chi connectivity index (χ4n) is 3.93. The Morgan fingerprint density at radius 2 is 1.64 bits per heavy atom. The van der Waals surface area contributed by atoms with Gasteiger partial charge >= 0.3 is 0 Å². The van der Waals surface area contributed by atoms with E-state index in [2.05, 4.69) is 49.5 Å². The minimum atomic E-state index is 0.121. The Labute approximate surface area is 151 Å². The number of amides is 1.